The quantitative estimate of drug-likeness (QED) is 0.638. The zero-order valence-corrected chi connectivity index (χ0v) is 15.0. The maximum Gasteiger partial charge on any atom is 0.434 e. The average Bonchev–Trinajstić information content (AvgIpc) is 2.56. The van der Waals surface area contributed by atoms with Gasteiger partial charge in [0.15, 0.2) is 5.69 Å². The topological polar surface area (TPSA) is 49.8 Å². The summed E-state index contributed by atoms with van der Waals surface area (Å²) < 4.78 is 53.6. The second kappa shape index (κ2) is 7.72. The number of nitrogens with zero attached hydrogens (tertiary/aromatic N) is 2. The molecule has 144 valence electrons. The summed E-state index contributed by atoms with van der Waals surface area (Å²) >= 11 is 5.67. The van der Waals surface area contributed by atoms with Crippen LogP contribution in [0.3, 0.4) is 0 Å². The zero-order valence-electron chi connectivity index (χ0n) is 14.2. The number of aromatic nitrogens is 2. The van der Waals surface area contributed by atoms with Crippen LogP contribution in [0.5, 0.6) is 0 Å². The van der Waals surface area contributed by atoms with Crippen LogP contribution < -0.4 is 10.6 Å². The van der Waals surface area contributed by atoms with Crippen molar-refractivity contribution >= 4 is 28.9 Å². The van der Waals surface area contributed by atoms with Crippen molar-refractivity contribution in [3.63, 3.8) is 0 Å². The van der Waals surface area contributed by atoms with Gasteiger partial charge in [-0.2, -0.15) is 13.2 Å². The normalized spacial score (nSPS) is 14.6. The molecular weight excluding hydrogens is 384 g/mol. The summed E-state index contributed by atoms with van der Waals surface area (Å²) in [4.78, 5) is 7.51. The Kier molecular flexibility index (Phi) is 5.55. The molecule has 1 aromatic heterocycles. The fraction of sp³-hybridized carbons (Fsp3) is 0.333. The van der Waals surface area contributed by atoms with E-state index in [0.717, 1.165) is 31.5 Å². The van der Waals surface area contributed by atoms with Gasteiger partial charge in [0.1, 0.15) is 5.82 Å². The smallest absolute Gasteiger partial charge is 0.385 e. The Labute approximate surface area is 158 Å². The molecule has 2 aromatic rings. The fourth-order valence-electron chi connectivity index (χ4n) is 2.64. The molecule has 0 atom stereocenters. The van der Waals surface area contributed by atoms with Crippen LogP contribution >= 0.6 is 11.6 Å². The Hall–Kier alpha value is -2.35. The van der Waals surface area contributed by atoms with Crippen LogP contribution in [-0.4, -0.2) is 16.5 Å². The zero-order chi connectivity index (χ0) is 19.6. The van der Waals surface area contributed by atoms with Gasteiger partial charge in [0.2, 0.25) is 5.95 Å². The third-order valence-electron chi connectivity index (χ3n) is 4.39. The number of alkyl halides is 3. The molecule has 1 fully saturated rings. The lowest BCUT2D eigenvalue weighted by atomic mass is 9.85. The van der Waals surface area contributed by atoms with Gasteiger partial charge in [0.25, 0.3) is 0 Å². The standard InChI is InChI=1S/C18H17ClF4N4/c1-10(24-8-11-3-2-4-11)13-9-25-17(27-16(13)18(21,22)23)26-12-5-6-15(20)14(19)7-12/h5-7,9,11,24H,1-4,8H2,(H,25,26,27). The van der Waals surface area contributed by atoms with E-state index < -0.39 is 17.7 Å². The monoisotopic (exact) mass is 400 g/mol. The van der Waals surface area contributed by atoms with Crippen molar-refractivity contribution in [1.82, 2.24) is 15.3 Å². The van der Waals surface area contributed by atoms with E-state index in [-0.39, 0.29) is 27.9 Å². The number of benzene rings is 1. The first-order valence-electron chi connectivity index (χ1n) is 8.33. The van der Waals surface area contributed by atoms with Gasteiger partial charge in [-0.05, 0) is 37.0 Å². The summed E-state index contributed by atoms with van der Waals surface area (Å²) in [6, 6.07) is 3.65. The first kappa shape index (κ1) is 19.4. The van der Waals surface area contributed by atoms with Crippen LogP contribution in [0.15, 0.2) is 31.0 Å². The van der Waals surface area contributed by atoms with Crippen molar-refractivity contribution in [1.29, 1.82) is 0 Å². The summed E-state index contributed by atoms with van der Waals surface area (Å²) in [5.41, 5.74) is -0.904. The van der Waals surface area contributed by atoms with E-state index in [1.165, 1.54) is 12.1 Å². The predicted octanol–water partition coefficient (Wildman–Crippen LogP) is 5.39. The van der Waals surface area contributed by atoms with Crippen molar-refractivity contribution in [2.75, 3.05) is 11.9 Å². The van der Waals surface area contributed by atoms with Gasteiger partial charge >= 0.3 is 6.18 Å². The molecule has 0 bridgehead atoms. The Balaban J connectivity index is 1.82. The van der Waals surface area contributed by atoms with Crippen molar-refractivity contribution in [2.45, 2.75) is 25.4 Å². The minimum Gasteiger partial charge on any atom is -0.385 e. The maximum atomic E-state index is 13.5. The summed E-state index contributed by atoms with van der Waals surface area (Å²) in [6.07, 6.45) is -0.350. The van der Waals surface area contributed by atoms with E-state index in [4.69, 9.17) is 11.6 Å². The minimum atomic E-state index is -4.68. The van der Waals surface area contributed by atoms with Crippen LogP contribution in [-0.2, 0) is 6.18 Å². The lowest BCUT2D eigenvalue weighted by Crippen LogP contribution is -2.27. The molecule has 0 radical (unpaired) electrons. The SMILES string of the molecule is C=C(NCC1CCC1)c1cnc(Nc2ccc(F)c(Cl)c2)nc1C(F)(F)F. The van der Waals surface area contributed by atoms with Crippen LogP contribution in [0.4, 0.5) is 29.2 Å². The molecule has 0 saturated heterocycles. The molecule has 0 spiro atoms. The molecule has 1 saturated carbocycles. The third kappa shape index (κ3) is 4.68. The number of hydrogen-bond acceptors (Lipinski definition) is 4. The highest BCUT2D eigenvalue weighted by atomic mass is 35.5. The van der Waals surface area contributed by atoms with Crippen molar-refractivity contribution < 1.29 is 17.6 Å². The lowest BCUT2D eigenvalue weighted by molar-refractivity contribution is -0.141. The molecule has 27 heavy (non-hydrogen) atoms. The molecule has 1 aliphatic rings. The van der Waals surface area contributed by atoms with Gasteiger partial charge in [0, 0.05) is 29.7 Å². The molecule has 0 aliphatic heterocycles. The second-order valence-electron chi connectivity index (χ2n) is 6.36. The molecule has 3 rings (SSSR count). The van der Waals surface area contributed by atoms with E-state index in [9.17, 15) is 17.6 Å². The number of halogens is 5. The Morgan fingerprint density at radius 2 is 2.04 bits per heavy atom. The second-order valence-corrected chi connectivity index (χ2v) is 6.77. The molecule has 0 amide bonds. The highest BCUT2D eigenvalue weighted by Crippen LogP contribution is 2.34. The van der Waals surface area contributed by atoms with Crippen molar-refractivity contribution in [3.8, 4) is 0 Å². The number of rotatable bonds is 6. The van der Waals surface area contributed by atoms with E-state index in [0.29, 0.717) is 12.5 Å². The van der Waals surface area contributed by atoms with E-state index in [1.54, 1.807) is 0 Å². The molecule has 1 aromatic carbocycles. The van der Waals surface area contributed by atoms with Crippen molar-refractivity contribution in [3.05, 3.63) is 53.1 Å². The summed E-state index contributed by atoms with van der Waals surface area (Å²) in [5, 5.41) is 5.37. The van der Waals surface area contributed by atoms with E-state index in [2.05, 4.69) is 27.2 Å². The Morgan fingerprint density at radius 3 is 2.63 bits per heavy atom. The highest BCUT2D eigenvalue weighted by Gasteiger charge is 2.37. The molecule has 4 nitrogen and oxygen atoms in total. The van der Waals surface area contributed by atoms with Gasteiger partial charge < -0.3 is 10.6 Å². The largest absolute Gasteiger partial charge is 0.434 e. The number of hydrogen-bond donors (Lipinski definition) is 2. The number of nitrogens with one attached hydrogen (secondary N) is 2. The Bertz CT molecular complexity index is 850. The lowest BCUT2D eigenvalue weighted by Gasteiger charge is -2.26. The van der Waals surface area contributed by atoms with Crippen LogP contribution in [0, 0.1) is 11.7 Å². The predicted molar refractivity (Wildman–Crippen MR) is 96.1 cm³/mol. The van der Waals surface area contributed by atoms with Gasteiger partial charge in [-0.25, -0.2) is 14.4 Å². The van der Waals surface area contributed by atoms with E-state index >= 15 is 0 Å². The average molecular weight is 401 g/mol. The molecule has 2 N–H and O–H groups in total. The minimum absolute atomic E-state index is 0.130. The van der Waals surface area contributed by atoms with Crippen molar-refractivity contribution in [2.24, 2.45) is 5.92 Å². The van der Waals surface area contributed by atoms with Gasteiger partial charge in [-0.3, -0.25) is 0 Å². The summed E-state index contributed by atoms with van der Waals surface area (Å²) in [7, 11) is 0. The van der Waals surface area contributed by atoms with Crippen LogP contribution in [0.2, 0.25) is 5.02 Å². The molecule has 9 heteroatoms. The van der Waals surface area contributed by atoms with Crippen LogP contribution in [0.1, 0.15) is 30.5 Å². The van der Waals surface area contributed by atoms with Crippen LogP contribution in [0.25, 0.3) is 5.70 Å². The summed E-state index contributed by atoms with van der Waals surface area (Å²) in [5.74, 6) is -0.454. The van der Waals surface area contributed by atoms with E-state index in [1.807, 2.05) is 0 Å². The first-order chi connectivity index (χ1) is 12.7. The Morgan fingerprint density at radius 1 is 1.30 bits per heavy atom. The third-order valence-corrected chi connectivity index (χ3v) is 4.68. The molecule has 0 unspecified atom stereocenters. The maximum absolute atomic E-state index is 13.5. The molecule has 1 heterocycles. The fourth-order valence-corrected chi connectivity index (χ4v) is 2.82. The first-order valence-corrected chi connectivity index (χ1v) is 8.71. The van der Waals surface area contributed by atoms with Gasteiger partial charge in [-0.15, -0.1) is 0 Å². The number of anilines is 2. The van der Waals surface area contributed by atoms with Gasteiger partial charge in [0.05, 0.1) is 5.02 Å². The molecular formula is C18H17ClF4N4. The summed E-state index contributed by atoms with van der Waals surface area (Å²) in [6.45, 7) is 4.27. The highest BCUT2D eigenvalue weighted by molar-refractivity contribution is 6.31. The van der Waals surface area contributed by atoms with Gasteiger partial charge in [-0.1, -0.05) is 24.6 Å². The molecule has 1 aliphatic carbocycles.